The van der Waals surface area contributed by atoms with E-state index in [1.807, 2.05) is 19.9 Å². The van der Waals surface area contributed by atoms with E-state index >= 15 is 0 Å². The SMILES string of the molecule is CC(C)[C@@H]1Nc2ncccc2NC1=O. The van der Waals surface area contributed by atoms with Gasteiger partial charge in [0.2, 0.25) is 5.91 Å². The third-order valence-corrected chi connectivity index (χ3v) is 2.31. The third-order valence-electron chi connectivity index (χ3n) is 2.31. The first-order valence-corrected chi connectivity index (χ1v) is 4.71. The fourth-order valence-electron chi connectivity index (χ4n) is 1.51. The van der Waals surface area contributed by atoms with E-state index in [0.29, 0.717) is 0 Å². The van der Waals surface area contributed by atoms with Crippen LogP contribution in [-0.4, -0.2) is 16.9 Å². The second kappa shape index (κ2) is 3.29. The summed E-state index contributed by atoms with van der Waals surface area (Å²) in [6.45, 7) is 4.01. The van der Waals surface area contributed by atoms with Gasteiger partial charge in [-0.2, -0.15) is 0 Å². The van der Waals surface area contributed by atoms with E-state index < -0.39 is 0 Å². The zero-order valence-electron chi connectivity index (χ0n) is 8.24. The highest BCUT2D eigenvalue weighted by Gasteiger charge is 2.28. The minimum atomic E-state index is -0.183. The number of carbonyl (C=O) groups is 1. The number of fused-ring (bicyclic) bond motifs is 1. The van der Waals surface area contributed by atoms with Crippen molar-refractivity contribution in [1.29, 1.82) is 0 Å². The van der Waals surface area contributed by atoms with Crippen LogP contribution >= 0.6 is 0 Å². The maximum absolute atomic E-state index is 11.6. The van der Waals surface area contributed by atoms with Crippen molar-refractivity contribution >= 4 is 17.4 Å². The monoisotopic (exact) mass is 191 g/mol. The van der Waals surface area contributed by atoms with Gasteiger partial charge in [0.05, 0.1) is 5.69 Å². The van der Waals surface area contributed by atoms with Gasteiger partial charge in [-0.05, 0) is 18.1 Å². The van der Waals surface area contributed by atoms with Crippen LogP contribution in [0.5, 0.6) is 0 Å². The van der Waals surface area contributed by atoms with Gasteiger partial charge in [0, 0.05) is 6.20 Å². The van der Waals surface area contributed by atoms with E-state index in [4.69, 9.17) is 0 Å². The van der Waals surface area contributed by atoms with Gasteiger partial charge in [0.15, 0.2) is 0 Å². The molecule has 0 aliphatic carbocycles. The van der Waals surface area contributed by atoms with Gasteiger partial charge < -0.3 is 10.6 Å². The average molecular weight is 191 g/mol. The van der Waals surface area contributed by atoms with Crippen molar-refractivity contribution in [3.8, 4) is 0 Å². The Morgan fingerprint density at radius 2 is 2.29 bits per heavy atom. The number of hydrogen-bond donors (Lipinski definition) is 2. The van der Waals surface area contributed by atoms with Gasteiger partial charge in [-0.3, -0.25) is 4.79 Å². The molecule has 0 unspecified atom stereocenters. The third kappa shape index (κ3) is 1.43. The fraction of sp³-hybridized carbons (Fsp3) is 0.400. The Morgan fingerprint density at radius 3 is 3.00 bits per heavy atom. The predicted molar refractivity (Wildman–Crippen MR) is 55.1 cm³/mol. The largest absolute Gasteiger partial charge is 0.356 e. The molecule has 0 bridgehead atoms. The molecule has 0 spiro atoms. The lowest BCUT2D eigenvalue weighted by molar-refractivity contribution is -0.117. The maximum atomic E-state index is 11.6. The van der Waals surface area contributed by atoms with E-state index in [1.54, 1.807) is 12.3 Å². The first kappa shape index (κ1) is 8.99. The second-order valence-electron chi connectivity index (χ2n) is 3.75. The Balaban J connectivity index is 2.31. The fourth-order valence-corrected chi connectivity index (χ4v) is 1.51. The van der Waals surface area contributed by atoms with Crippen LogP contribution in [0.3, 0.4) is 0 Å². The number of anilines is 2. The van der Waals surface area contributed by atoms with Gasteiger partial charge in [0.25, 0.3) is 0 Å². The summed E-state index contributed by atoms with van der Waals surface area (Å²) in [5, 5.41) is 5.95. The molecule has 1 aromatic rings. The number of aromatic nitrogens is 1. The Bertz CT molecular complexity index is 362. The maximum Gasteiger partial charge on any atom is 0.247 e. The summed E-state index contributed by atoms with van der Waals surface area (Å²) >= 11 is 0. The Labute approximate surface area is 82.7 Å². The lowest BCUT2D eigenvalue weighted by Gasteiger charge is -2.28. The lowest BCUT2D eigenvalue weighted by atomic mass is 10.0. The van der Waals surface area contributed by atoms with Gasteiger partial charge >= 0.3 is 0 Å². The zero-order valence-corrected chi connectivity index (χ0v) is 8.24. The number of pyridine rings is 1. The van der Waals surface area contributed by atoms with Crippen LogP contribution in [0.25, 0.3) is 0 Å². The van der Waals surface area contributed by atoms with E-state index in [-0.39, 0.29) is 17.9 Å². The molecular formula is C10H13N3O. The zero-order chi connectivity index (χ0) is 10.1. The van der Waals surface area contributed by atoms with Crippen LogP contribution in [0, 0.1) is 5.92 Å². The quantitative estimate of drug-likeness (QED) is 0.706. The average Bonchev–Trinajstić information content (AvgIpc) is 2.16. The summed E-state index contributed by atoms with van der Waals surface area (Å²) in [6.07, 6.45) is 1.71. The molecule has 2 N–H and O–H groups in total. The van der Waals surface area contributed by atoms with Crippen molar-refractivity contribution < 1.29 is 4.79 Å². The molecule has 14 heavy (non-hydrogen) atoms. The molecule has 1 atom stereocenters. The molecule has 0 fully saturated rings. The molecule has 0 saturated heterocycles. The number of nitrogens with one attached hydrogen (secondary N) is 2. The first-order chi connectivity index (χ1) is 6.68. The van der Waals surface area contributed by atoms with Crippen LogP contribution in [0.2, 0.25) is 0 Å². The van der Waals surface area contributed by atoms with Crippen molar-refractivity contribution in [3.63, 3.8) is 0 Å². The molecule has 1 amide bonds. The summed E-state index contributed by atoms with van der Waals surface area (Å²) in [5.41, 5.74) is 0.759. The van der Waals surface area contributed by atoms with Crippen molar-refractivity contribution in [2.75, 3.05) is 10.6 Å². The Kier molecular flexibility index (Phi) is 2.11. The number of rotatable bonds is 1. The van der Waals surface area contributed by atoms with E-state index in [0.717, 1.165) is 11.5 Å². The summed E-state index contributed by atoms with van der Waals surface area (Å²) in [5.74, 6) is 1.02. The molecule has 74 valence electrons. The Morgan fingerprint density at radius 1 is 1.50 bits per heavy atom. The van der Waals surface area contributed by atoms with Crippen molar-refractivity contribution in [2.24, 2.45) is 5.92 Å². The lowest BCUT2D eigenvalue weighted by Crippen LogP contribution is -2.42. The van der Waals surface area contributed by atoms with Gasteiger partial charge in [0.1, 0.15) is 11.9 Å². The molecule has 0 radical (unpaired) electrons. The summed E-state index contributed by atoms with van der Waals surface area (Å²) in [7, 11) is 0. The van der Waals surface area contributed by atoms with Gasteiger partial charge in [-0.25, -0.2) is 4.98 Å². The van der Waals surface area contributed by atoms with Crippen LogP contribution in [0.1, 0.15) is 13.8 Å². The van der Waals surface area contributed by atoms with Crippen molar-refractivity contribution in [3.05, 3.63) is 18.3 Å². The number of amides is 1. The van der Waals surface area contributed by atoms with Crippen LogP contribution in [-0.2, 0) is 4.79 Å². The minimum absolute atomic E-state index is 0.0144. The van der Waals surface area contributed by atoms with Crippen molar-refractivity contribution in [1.82, 2.24) is 4.98 Å². The summed E-state index contributed by atoms with van der Waals surface area (Å²) in [6, 6.07) is 3.46. The number of carbonyl (C=O) groups excluding carboxylic acids is 1. The molecular weight excluding hydrogens is 178 g/mol. The highest BCUT2D eigenvalue weighted by Crippen LogP contribution is 2.25. The Hall–Kier alpha value is -1.58. The number of hydrogen-bond acceptors (Lipinski definition) is 3. The normalized spacial score (nSPS) is 19.9. The predicted octanol–water partition coefficient (Wildman–Crippen LogP) is 1.47. The van der Waals surface area contributed by atoms with Crippen molar-refractivity contribution in [2.45, 2.75) is 19.9 Å². The second-order valence-corrected chi connectivity index (χ2v) is 3.75. The standard InChI is InChI=1S/C10H13N3O/c1-6(2)8-10(14)12-7-4-3-5-11-9(7)13-8/h3-6,8H,1-2H3,(H,11,13)(H,12,14)/t8-/m0/s1. The van der Waals surface area contributed by atoms with Gasteiger partial charge in [-0.15, -0.1) is 0 Å². The molecule has 1 aliphatic heterocycles. The molecule has 2 heterocycles. The van der Waals surface area contributed by atoms with Gasteiger partial charge in [-0.1, -0.05) is 13.8 Å². The molecule has 4 nitrogen and oxygen atoms in total. The first-order valence-electron chi connectivity index (χ1n) is 4.71. The summed E-state index contributed by atoms with van der Waals surface area (Å²) in [4.78, 5) is 15.8. The molecule has 2 rings (SSSR count). The minimum Gasteiger partial charge on any atom is -0.356 e. The topological polar surface area (TPSA) is 54.0 Å². The van der Waals surface area contributed by atoms with E-state index in [9.17, 15) is 4.79 Å². The molecule has 1 aliphatic rings. The van der Waals surface area contributed by atoms with Crippen LogP contribution < -0.4 is 10.6 Å². The molecule has 0 saturated carbocycles. The highest BCUT2D eigenvalue weighted by molar-refractivity contribution is 6.02. The van der Waals surface area contributed by atoms with Crippen LogP contribution in [0.15, 0.2) is 18.3 Å². The molecule has 4 heteroatoms. The van der Waals surface area contributed by atoms with E-state index in [2.05, 4.69) is 15.6 Å². The number of nitrogens with zero attached hydrogens (tertiary/aromatic N) is 1. The highest BCUT2D eigenvalue weighted by atomic mass is 16.2. The smallest absolute Gasteiger partial charge is 0.247 e. The van der Waals surface area contributed by atoms with Crippen LogP contribution in [0.4, 0.5) is 11.5 Å². The molecule has 0 aromatic carbocycles. The molecule has 1 aromatic heterocycles. The van der Waals surface area contributed by atoms with E-state index in [1.165, 1.54) is 0 Å². The summed E-state index contributed by atoms with van der Waals surface area (Å²) < 4.78 is 0.